The lowest BCUT2D eigenvalue weighted by Crippen LogP contribution is -2.20. The molecule has 3 aromatic heterocycles. The summed E-state index contributed by atoms with van der Waals surface area (Å²) in [6.45, 7) is 1.81. The van der Waals surface area contributed by atoms with Crippen molar-refractivity contribution in [2.75, 3.05) is 11.1 Å². The van der Waals surface area contributed by atoms with Crippen LogP contribution < -0.4 is 10.9 Å². The molecule has 0 atom stereocenters. The number of hydrogen-bond donors (Lipinski definition) is 2. The number of thioether (sulfide) groups is 1. The molecule has 0 aliphatic heterocycles. The normalized spacial score (nSPS) is 11.1. The molecule has 2 aromatic carbocycles. The van der Waals surface area contributed by atoms with E-state index in [1.165, 1.54) is 22.6 Å². The summed E-state index contributed by atoms with van der Waals surface area (Å²) in [6, 6.07) is 21.2. The summed E-state index contributed by atoms with van der Waals surface area (Å²) >= 11 is 1.52. The first kappa shape index (κ1) is 21.7. The Labute approximate surface area is 198 Å². The highest BCUT2D eigenvalue weighted by Gasteiger charge is 2.17. The number of aryl methyl sites for hydroxylation is 1. The number of aromatic nitrogens is 6. The monoisotopic (exact) mass is 471 g/mol. The standard InChI is InChI=1S/C24H21N7O2S/c1-16-12-20(26-21(32)15-34-14-17-8-4-2-5-9-17)31(29-16)24-27-22-19(23(33)28-24)13-25-30(22)18-10-6-3-7-11-18/h2-13H,14-15H2,1H3,(H,26,32)(H,27,28,33). The van der Waals surface area contributed by atoms with E-state index in [2.05, 4.69) is 25.5 Å². The number of H-pyrrole nitrogens is 1. The third-order valence-corrected chi connectivity index (χ3v) is 6.07. The number of nitrogens with one attached hydrogen (secondary N) is 2. The predicted molar refractivity (Wildman–Crippen MR) is 133 cm³/mol. The number of hydrogen-bond acceptors (Lipinski definition) is 6. The molecule has 0 radical (unpaired) electrons. The molecule has 5 rings (SSSR count). The van der Waals surface area contributed by atoms with Gasteiger partial charge in [0.05, 0.1) is 23.3 Å². The topological polar surface area (TPSA) is 110 Å². The van der Waals surface area contributed by atoms with Crippen LogP contribution in [0.2, 0.25) is 0 Å². The zero-order valence-corrected chi connectivity index (χ0v) is 19.1. The highest BCUT2D eigenvalue weighted by Crippen LogP contribution is 2.19. The lowest BCUT2D eigenvalue weighted by Gasteiger charge is -2.09. The first-order valence-corrected chi connectivity index (χ1v) is 11.8. The molecule has 0 aliphatic rings. The third kappa shape index (κ3) is 4.48. The van der Waals surface area contributed by atoms with Crippen LogP contribution in [0, 0.1) is 6.92 Å². The maximum atomic E-state index is 12.8. The molecule has 0 saturated carbocycles. The predicted octanol–water partition coefficient (Wildman–Crippen LogP) is 3.47. The van der Waals surface area contributed by atoms with Gasteiger partial charge in [-0.1, -0.05) is 48.5 Å². The van der Waals surface area contributed by atoms with Crippen LogP contribution in [0.4, 0.5) is 5.82 Å². The summed E-state index contributed by atoms with van der Waals surface area (Å²) in [5.74, 6) is 1.47. The summed E-state index contributed by atoms with van der Waals surface area (Å²) < 4.78 is 3.03. The van der Waals surface area contributed by atoms with Gasteiger partial charge in [-0.3, -0.25) is 14.6 Å². The van der Waals surface area contributed by atoms with Crippen LogP contribution in [0.15, 0.2) is 77.7 Å². The Morgan fingerprint density at radius 3 is 2.56 bits per heavy atom. The number of para-hydroxylation sites is 1. The molecule has 0 aliphatic carbocycles. The van der Waals surface area contributed by atoms with Gasteiger partial charge in [0.25, 0.3) is 5.56 Å². The van der Waals surface area contributed by atoms with Crippen molar-refractivity contribution in [3.63, 3.8) is 0 Å². The molecule has 5 aromatic rings. The number of anilines is 1. The highest BCUT2D eigenvalue weighted by molar-refractivity contribution is 7.99. The highest BCUT2D eigenvalue weighted by atomic mass is 32.2. The molecule has 170 valence electrons. The van der Waals surface area contributed by atoms with Gasteiger partial charge in [0.2, 0.25) is 11.9 Å². The quantitative estimate of drug-likeness (QED) is 0.376. The number of aromatic amines is 1. The molecule has 3 heterocycles. The van der Waals surface area contributed by atoms with Crippen molar-refractivity contribution in [2.24, 2.45) is 0 Å². The molecule has 0 unspecified atom stereocenters. The van der Waals surface area contributed by atoms with Crippen molar-refractivity contribution in [2.45, 2.75) is 12.7 Å². The number of amides is 1. The molecule has 0 fully saturated rings. The van der Waals surface area contributed by atoms with Gasteiger partial charge in [0.1, 0.15) is 11.2 Å². The largest absolute Gasteiger partial charge is 0.310 e. The number of carbonyl (C=O) groups excluding carboxylic acids is 1. The molecular weight excluding hydrogens is 450 g/mol. The molecule has 0 spiro atoms. The summed E-state index contributed by atoms with van der Waals surface area (Å²) in [5, 5.41) is 12.0. The number of fused-ring (bicyclic) bond motifs is 1. The summed E-state index contributed by atoms with van der Waals surface area (Å²) in [5.41, 5.74) is 2.67. The molecule has 2 N–H and O–H groups in total. The van der Waals surface area contributed by atoms with Crippen LogP contribution in [0.1, 0.15) is 11.3 Å². The van der Waals surface area contributed by atoms with E-state index in [9.17, 15) is 9.59 Å². The van der Waals surface area contributed by atoms with E-state index in [1.54, 1.807) is 17.7 Å². The van der Waals surface area contributed by atoms with Gasteiger partial charge in [-0.25, -0.2) is 4.68 Å². The Balaban J connectivity index is 1.41. The van der Waals surface area contributed by atoms with Crippen LogP contribution in [-0.2, 0) is 10.5 Å². The van der Waals surface area contributed by atoms with E-state index in [1.807, 2.05) is 60.7 Å². The van der Waals surface area contributed by atoms with Crippen molar-refractivity contribution in [3.05, 3.63) is 94.5 Å². The van der Waals surface area contributed by atoms with Crippen LogP contribution in [0.3, 0.4) is 0 Å². The van der Waals surface area contributed by atoms with E-state index < -0.39 is 0 Å². The number of rotatable bonds is 7. The van der Waals surface area contributed by atoms with Crippen molar-refractivity contribution >= 4 is 34.5 Å². The molecule has 10 heteroatoms. The van der Waals surface area contributed by atoms with Gasteiger partial charge < -0.3 is 5.32 Å². The number of nitrogens with zero attached hydrogens (tertiary/aromatic N) is 5. The fourth-order valence-electron chi connectivity index (χ4n) is 3.53. The van der Waals surface area contributed by atoms with Crippen LogP contribution in [0.25, 0.3) is 22.7 Å². The maximum Gasteiger partial charge on any atom is 0.263 e. The minimum atomic E-state index is -0.342. The van der Waals surface area contributed by atoms with Crippen LogP contribution in [-0.4, -0.2) is 41.2 Å². The molecule has 0 saturated heterocycles. The van der Waals surface area contributed by atoms with E-state index in [-0.39, 0.29) is 23.2 Å². The Bertz CT molecular complexity index is 1510. The third-order valence-electron chi connectivity index (χ3n) is 5.07. The second-order valence-electron chi connectivity index (χ2n) is 7.63. The summed E-state index contributed by atoms with van der Waals surface area (Å²) in [4.78, 5) is 32.7. The van der Waals surface area contributed by atoms with Crippen molar-refractivity contribution in [1.29, 1.82) is 0 Å². The van der Waals surface area contributed by atoms with Gasteiger partial charge in [0.15, 0.2) is 5.65 Å². The first-order valence-electron chi connectivity index (χ1n) is 10.6. The summed E-state index contributed by atoms with van der Waals surface area (Å²) in [7, 11) is 0. The van der Waals surface area contributed by atoms with Crippen molar-refractivity contribution < 1.29 is 4.79 Å². The second-order valence-corrected chi connectivity index (χ2v) is 8.61. The minimum absolute atomic E-state index is 0.167. The minimum Gasteiger partial charge on any atom is -0.310 e. The zero-order valence-electron chi connectivity index (χ0n) is 18.3. The van der Waals surface area contributed by atoms with Crippen LogP contribution >= 0.6 is 11.8 Å². The van der Waals surface area contributed by atoms with E-state index in [0.717, 1.165) is 17.0 Å². The number of carbonyl (C=O) groups is 1. The van der Waals surface area contributed by atoms with Crippen molar-refractivity contribution in [1.82, 2.24) is 29.5 Å². The Hall–Kier alpha value is -4.18. The molecule has 0 bridgehead atoms. The maximum absolute atomic E-state index is 12.8. The smallest absolute Gasteiger partial charge is 0.263 e. The molecular formula is C24H21N7O2S. The molecule has 34 heavy (non-hydrogen) atoms. The average Bonchev–Trinajstić information content (AvgIpc) is 3.44. The van der Waals surface area contributed by atoms with Gasteiger partial charge in [-0.2, -0.15) is 19.9 Å². The van der Waals surface area contributed by atoms with Gasteiger partial charge in [-0.05, 0) is 24.6 Å². The fourth-order valence-corrected chi connectivity index (χ4v) is 4.32. The van der Waals surface area contributed by atoms with Gasteiger partial charge in [0, 0.05) is 11.8 Å². The van der Waals surface area contributed by atoms with E-state index in [0.29, 0.717) is 22.5 Å². The van der Waals surface area contributed by atoms with E-state index in [4.69, 9.17) is 0 Å². The van der Waals surface area contributed by atoms with Crippen molar-refractivity contribution in [3.8, 4) is 11.6 Å². The lowest BCUT2D eigenvalue weighted by atomic mass is 10.2. The lowest BCUT2D eigenvalue weighted by molar-refractivity contribution is -0.113. The van der Waals surface area contributed by atoms with Gasteiger partial charge >= 0.3 is 0 Å². The Kier molecular flexibility index (Phi) is 5.96. The second kappa shape index (κ2) is 9.36. The zero-order chi connectivity index (χ0) is 23.5. The molecule has 1 amide bonds. The Morgan fingerprint density at radius 2 is 1.79 bits per heavy atom. The number of benzene rings is 2. The molecule has 9 nitrogen and oxygen atoms in total. The van der Waals surface area contributed by atoms with E-state index >= 15 is 0 Å². The fraction of sp³-hybridized carbons (Fsp3) is 0.125. The SMILES string of the molecule is Cc1cc(NC(=O)CSCc2ccccc2)n(-c2nc3c(cnn3-c3ccccc3)c(=O)[nH]2)n1. The Morgan fingerprint density at radius 1 is 1.06 bits per heavy atom. The van der Waals surface area contributed by atoms with Crippen LogP contribution in [0.5, 0.6) is 0 Å². The first-order chi connectivity index (χ1) is 16.6. The summed E-state index contributed by atoms with van der Waals surface area (Å²) in [6.07, 6.45) is 1.49. The van der Waals surface area contributed by atoms with Gasteiger partial charge in [-0.15, -0.1) is 11.8 Å². The average molecular weight is 472 g/mol.